The average molecular weight is 401 g/mol. The number of likely N-dealkylation sites (N-methyl/N-ethyl adjacent to an activating group) is 1. The summed E-state index contributed by atoms with van der Waals surface area (Å²) < 4.78 is 18.0. The van der Waals surface area contributed by atoms with Crippen molar-refractivity contribution in [3.63, 3.8) is 0 Å². The summed E-state index contributed by atoms with van der Waals surface area (Å²) in [5, 5.41) is 1.02. The van der Waals surface area contributed by atoms with Crippen molar-refractivity contribution >= 4 is 27.5 Å². The lowest BCUT2D eigenvalue weighted by Gasteiger charge is -2.22. The molecule has 0 N–H and O–H groups in total. The first-order valence-corrected chi connectivity index (χ1v) is 10.3. The maximum absolute atomic E-state index is 12.7. The monoisotopic (exact) mass is 401 g/mol. The minimum atomic E-state index is -0.146. The molecule has 0 saturated carbocycles. The average Bonchev–Trinajstić information content (AvgIpc) is 3.43. The van der Waals surface area contributed by atoms with E-state index in [9.17, 15) is 4.79 Å². The number of thiazole rings is 1. The van der Waals surface area contributed by atoms with Crippen molar-refractivity contribution in [2.24, 2.45) is 0 Å². The largest absolute Gasteiger partial charge is 0.484 e. The number of carbonyl (C=O) groups is 1. The lowest BCUT2D eigenvalue weighted by molar-refractivity contribution is 0.0534. The topological polar surface area (TPSA) is 77.7 Å². The molecular weight excluding hydrogens is 378 g/mol. The van der Waals surface area contributed by atoms with Gasteiger partial charge in [0.15, 0.2) is 12.3 Å². The highest BCUT2D eigenvalue weighted by atomic mass is 32.1. The Morgan fingerprint density at radius 1 is 1.39 bits per heavy atom. The molecule has 1 fully saturated rings. The molecule has 1 saturated heterocycles. The van der Waals surface area contributed by atoms with Crippen LogP contribution in [0, 0.1) is 6.92 Å². The molecule has 1 aliphatic heterocycles. The summed E-state index contributed by atoms with van der Waals surface area (Å²) in [4.78, 5) is 23.2. The number of amides is 1. The van der Waals surface area contributed by atoms with Gasteiger partial charge in [-0.3, -0.25) is 4.79 Å². The molecule has 3 heterocycles. The van der Waals surface area contributed by atoms with Gasteiger partial charge in [0.1, 0.15) is 12.0 Å². The van der Waals surface area contributed by atoms with Crippen LogP contribution in [0.15, 0.2) is 28.9 Å². The fourth-order valence-electron chi connectivity index (χ4n) is 3.28. The van der Waals surface area contributed by atoms with Crippen molar-refractivity contribution in [3.05, 3.63) is 41.1 Å². The van der Waals surface area contributed by atoms with Gasteiger partial charge in [-0.15, -0.1) is 11.3 Å². The summed E-state index contributed by atoms with van der Waals surface area (Å²) in [5.74, 6) is 0.913. The maximum Gasteiger partial charge on any atom is 0.275 e. The Hall–Kier alpha value is -2.45. The Bertz CT molecular complexity index is 961. The van der Waals surface area contributed by atoms with Crippen molar-refractivity contribution in [3.8, 4) is 5.75 Å². The van der Waals surface area contributed by atoms with E-state index in [2.05, 4.69) is 9.97 Å². The number of aromatic nitrogens is 2. The number of ether oxygens (including phenoxy) is 2. The second-order valence-corrected chi connectivity index (χ2v) is 7.99. The summed E-state index contributed by atoms with van der Waals surface area (Å²) in [6.07, 6.45) is 3.55. The SMILES string of the molecule is CCN(CC1CCCO1)C(=O)c1coc(COc2ccc3sc(C)nc3c2)n1. The molecule has 1 amide bonds. The molecule has 1 unspecified atom stereocenters. The predicted octanol–water partition coefficient (Wildman–Crippen LogP) is 3.81. The third-order valence-corrected chi connectivity index (χ3v) is 5.67. The number of carbonyl (C=O) groups excluding carboxylic acids is 1. The highest BCUT2D eigenvalue weighted by molar-refractivity contribution is 7.18. The van der Waals surface area contributed by atoms with Crippen molar-refractivity contribution in [2.45, 2.75) is 39.4 Å². The van der Waals surface area contributed by atoms with Gasteiger partial charge < -0.3 is 18.8 Å². The van der Waals surface area contributed by atoms with Crippen LogP contribution < -0.4 is 4.74 Å². The van der Waals surface area contributed by atoms with E-state index < -0.39 is 0 Å². The van der Waals surface area contributed by atoms with Crippen molar-refractivity contribution < 1.29 is 18.7 Å². The fraction of sp³-hybridized carbons (Fsp3) is 0.450. The van der Waals surface area contributed by atoms with E-state index in [4.69, 9.17) is 13.9 Å². The highest BCUT2D eigenvalue weighted by Gasteiger charge is 2.24. The van der Waals surface area contributed by atoms with Crippen molar-refractivity contribution in [1.82, 2.24) is 14.9 Å². The molecule has 1 aromatic carbocycles. The zero-order valence-corrected chi connectivity index (χ0v) is 16.8. The summed E-state index contributed by atoms with van der Waals surface area (Å²) in [6.45, 7) is 6.04. The molecule has 28 heavy (non-hydrogen) atoms. The summed E-state index contributed by atoms with van der Waals surface area (Å²) in [7, 11) is 0. The van der Waals surface area contributed by atoms with E-state index in [1.807, 2.05) is 32.0 Å². The summed E-state index contributed by atoms with van der Waals surface area (Å²) in [6, 6.07) is 5.79. The zero-order chi connectivity index (χ0) is 19.5. The first kappa shape index (κ1) is 18.9. The van der Waals surface area contributed by atoms with Gasteiger partial charge in [0, 0.05) is 25.8 Å². The van der Waals surface area contributed by atoms with Gasteiger partial charge in [0.2, 0.25) is 5.89 Å². The quantitative estimate of drug-likeness (QED) is 0.599. The Morgan fingerprint density at radius 3 is 3.07 bits per heavy atom. The number of benzene rings is 1. The molecule has 4 rings (SSSR count). The number of aryl methyl sites for hydroxylation is 1. The van der Waals surface area contributed by atoms with Crippen LogP contribution >= 0.6 is 11.3 Å². The van der Waals surface area contributed by atoms with E-state index >= 15 is 0 Å². The van der Waals surface area contributed by atoms with Gasteiger partial charge in [-0.25, -0.2) is 9.97 Å². The second kappa shape index (κ2) is 8.28. The maximum atomic E-state index is 12.7. The van der Waals surface area contributed by atoms with Crippen LogP contribution in [-0.4, -0.2) is 46.6 Å². The first-order valence-electron chi connectivity index (χ1n) is 9.47. The van der Waals surface area contributed by atoms with Crippen LogP contribution in [-0.2, 0) is 11.3 Å². The Kier molecular flexibility index (Phi) is 5.59. The molecule has 8 heteroatoms. The van der Waals surface area contributed by atoms with Gasteiger partial charge in [-0.05, 0) is 38.8 Å². The molecule has 0 radical (unpaired) electrons. The Balaban J connectivity index is 1.37. The van der Waals surface area contributed by atoms with Gasteiger partial charge in [0.05, 0.1) is 21.3 Å². The van der Waals surface area contributed by atoms with E-state index in [0.29, 0.717) is 30.4 Å². The predicted molar refractivity (Wildman–Crippen MR) is 106 cm³/mol. The minimum Gasteiger partial charge on any atom is -0.484 e. The Morgan fingerprint density at radius 2 is 2.29 bits per heavy atom. The van der Waals surface area contributed by atoms with Gasteiger partial charge in [0.25, 0.3) is 5.91 Å². The molecule has 0 spiro atoms. The number of hydrogen-bond donors (Lipinski definition) is 0. The van der Waals surface area contributed by atoms with Crippen LogP contribution in [0.25, 0.3) is 10.2 Å². The van der Waals surface area contributed by atoms with Gasteiger partial charge >= 0.3 is 0 Å². The van der Waals surface area contributed by atoms with Crippen LogP contribution in [0.2, 0.25) is 0 Å². The van der Waals surface area contributed by atoms with E-state index in [1.165, 1.54) is 6.26 Å². The molecule has 1 atom stereocenters. The van der Waals surface area contributed by atoms with Crippen LogP contribution in [0.4, 0.5) is 0 Å². The lowest BCUT2D eigenvalue weighted by Crippen LogP contribution is -2.37. The van der Waals surface area contributed by atoms with Crippen LogP contribution in [0.5, 0.6) is 5.75 Å². The second-order valence-electron chi connectivity index (χ2n) is 6.76. The summed E-state index contributed by atoms with van der Waals surface area (Å²) >= 11 is 1.65. The van der Waals surface area contributed by atoms with Crippen LogP contribution in [0.1, 0.15) is 41.2 Å². The molecule has 2 aromatic heterocycles. The molecule has 148 valence electrons. The molecule has 7 nitrogen and oxygen atoms in total. The standard InChI is InChI=1S/C20H23N3O4S/c1-3-23(10-15-5-4-8-25-15)20(24)17-11-27-19(22-17)12-26-14-6-7-18-16(9-14)21-13(2)28-18/h6-7,9,11,15H,3-5,8,10,12H2,1-2H3. The lowest BCUT2D eigenvalue weighted by atomic mass is 10.2. The van der Waals surface area contributed by atoms with Gasteiger partial charge in [-0.2, -0.15) is 0 Å². The molecule has 0 bridgehead atoms. The number of fused-ring (bicyclic) bond motifs is 1. The third kappa shape index (κ3) is 4.18. The molecule has 3 aromatic rings. The fourth-order valence-corrected chi connectivity index (χ4v) is 4.09. The third-order valence-electron chi connectivity index (χ3n) is 4.72. The Labute approximate surface area is 167 Å². The minimum absolute atomic E-state index is 0.114. The highest BCUT2D eigenvalue weighted by Crippen LogP contribution is 2.26. The number of rotatable bonds is 7. The van der Waals surface area contributed by atoms with Crippen molar-refractivity contribution in [2.75, 3.05) is 19.7 Å². The summed E-state index contributed by atoms with van der Waals surface area (Å²) in [5.41, 5.74) is 1.21. The number of hydrogen-bond acceptors (Lipinski definition) is 7. The zero-order valence-electron chi connectivity index (χ0n) is 16.0. The number of oxazole rings is 1. The van der Waals surface area contributed by atoms with E-state index in [-0.39, 0.29) is 18.6 Å². The first-order chi connectivity index (χ1) is 13.6. The molecular formula is C20H23N3O4S. The molecule has 0 aliphatic carbocycles. The number of nitrogens with zero attached hydrogens (tertiary/aromatic N) is 3. The van der Waals surface area contributed by atoms with Gasteiger partial charge in [-0.1, -0.05) is 0 Å². The normalized spacial score (nSPS) is 16.6. The van der Waals surface area contributed by atoms with Crippen LogP contribution in [0.3, 0.4) is 0 Å². The van der Waals surface area contributed by atoms with E-state index in [0.717, 1.165) is 34.7 Å². The van der Waals surface area contributed by atoms with E-state index in [1.54, 1.807) is 16.2 Å². The smallest absolute Gasteiger partial charge is 0.275 e. The van der Waals surface area contributed by atoms with Crippen molar-refractivity contribution in [1.29, 1.82) is 0 Å². The molecule has 1 aliphatic rings.